The van der Waals surface area contributed by atoms with E-state index in [-0.39, 0.29) is 17.8 Å². The molecule has 0 spiro atoms. The lowest BCUT2D eigenvalue weighted by atomic mass is 10.1. The Kier molecular flexibility index (Phi) is 3.96. The standard InChI is InChI=1S/C12H16ClNO3S/c13-11-3-1-10(2-4-11)7-18(16,17)14-8-12(9-15)5-6-12/h1-4,14-15H,5-9H2. The predicted molar refractivity (Wildman–Crippen MR) is 70.8 cm³/mol. The number of hydrogen-bond donors (Lipinski definition) is 2. The van der Waals surface area contributed by atoms with E-state index < -0.39 is 10.0 Å². The molecule has 1 fully saturated rings. The van der Waals surface area contributed by atoms with Crippen LogP contribution in [0.25, 0.3) is 0 Å². The molecule has 2 N–H and O–H groups in total. The molecule has 4 nitrogen and oxygen atoms in total. The number of rotatable bonds is 6. The molecule has 0 amide bonds. The first-order valence-corrected chi connectivity index (χ1v) is 7.80. The van der Waals surface area contributed by atoms with Gasteiger partial charge in [0.15, 0.2) is 0 Å². The van der Waals surface area contributed by atoms with Crippen molar-refractivity contribution in [1.29, 1.82) is 0 Å². The van der Waals surface area contributed by atoms with Crippen LogP contribution >= 0.6 is 11.6 Å². The molecule has 0 radical (unpaired) electrons. The van der Waals surface area contributed by atoms with Crippen molar-refractivity contribution in [1.82, 2.24) is 4.72 Å². The first-order chi connectivity index (χ1) is 8.45. The smallest absolute Gasteiger partial charge is 0.215 e. The normalized spacial score (nSPS) is 17.7. The summed E-state index contributed by atoms with van der Waals surface area (Å²) in [5, 5.41) is 9.71. The summed E-state index contributed by atoms with van der Waals surface area (Å²) in [6, 6.07) is 6.73. The SMILES string of the molecule is O=S(=O)(Cc1ccc(Cl)cc1)NCC1(CO)CC1. The third-order valence-electron chi connectivity index (χ3n) is 3.23. The Labute approximate surface area is 112 Å². The Morgan fingerprint density at radius 2 is 1.89 bits per heavy atom. The third-order valence-corrected chi connectivity index (χ3v) is 4.78. The quantitative estimate of drug-likeness (QED) is 0.835. The number of sulfonamides is 1. The van der Waals surface area contributed by atoms with Crippen molar-refractivity contribution in [3.8, 4) is 0 Å². The Morgan fingerprint density at radius 3 is 2.39 bits per heavy atom. The summed E-state index contributed by atoms with van der Waals surface area (Å²) in [7, 11) is -3.35. The highest BCUT2D eigenvalue weighted by atomic mass is 35.5. The van der Waals surface area contributed by atoms with Crippen LogP contribution in [0.1, 0.15) is 18.4 Å². The number of nitrogens with one attached hydrogen (secondary N) is 1. The Balaban J connectivity index is 1.93. The van der Waals surface area contributed by atoms with Gasteiger partial charge in [0.05, 0.1) is 5.75 Å². The number of aliphatic hydroxyl groups excluding tert-OH is 1. The zero-order valence-corrected chi connectivity index (χ0v) is 11.5. The fourth-order valence-corrected chi connectivity index (χ4v) is 3.07. The molecule has 2 rings (SSSR count). The molecular formula is C12H16ClNO3S. The summed E-state index contributed by atoms with van der Waals surface area (Å²) >= 11 is 5.74. The minimum atomic E-state index is -3.35. The van der Waals surface area contributed by atoms with E-state index in [0.717, 1.165) is 12.8 Å². The zero-order chi connectivity index (χ0) is 13.2. The van der Waals surface area contributed by atoms with Gasteiger partial charge in [-0.3, -0.25) is 0 Å². The minimum Gasteiger partial charge on any atom is -0.396 e. The lowest BCUT2D eigenvalue weighted by Crippen LogP contribution is -2.32. The fourth-order valence-electron chi connectivity index (χ4n) is 1.68. The van der Waals surface area contributed by atoms with Crippen molar-refractivity contribution in [3.63, 3.8) is 0 Å². The van der Waals surface area contributed by atoms with Crippen LogP contribution in [0.4, 0.5) is 0 Å². The van der Waals surface area contributed by atoms with Gasteiger partial charge in [-0.1, -0.05) is 23.7 Å². The highest BCUT2D eigenvalue weighted by molar-refractivity contribution is 7.88. The maximum Gasteiger partial charge on any atom is 0.215 e. The molecule has 1 aliphatic carbocycles. The van der Waals surface area contributed by atoms with Crippen molar-refractivity contribution in [2.75, 3.05) is 13.2 Å². The predicted octanol–water partition coefficient (Wildman–Crippen LogP) is 1.53. The third kappa shape index (κ3) is 3.68. The van der Waals surface area contributed by atoms with E-state index in [9.17, 15) is 8.42 Å². The van der Waals surface area contributed by atoms with E-state index in [1.54, 1.807) is 24.3 Å². The first kappa shape index (κ1) is 13.8. The second-order valence-electron chi connectivity index (χ2n) is 4.86. The topological polar surface area (TPSA) is 66.4 Å². The van der Waals surface area contributed by atoms with Crippen molar-refractivity contribution in [2.45, 2.75) is 18.6 Å². The van der Waals surface area contributed by atoms with Crippen LogP contribution in [0.15, 0.2) is 24.3 Å². The van der Waals surface area contributed by atoms with Gasteiger partial charge >= 0.3 is 0 Å². The number of aliphatic hydroxyl groups is 1. The van der Waals surface area contributed by atoms with E-state index in [2.05, 4.69) is 4.72 Å². The molecule has 18 heavy (non-hydrogen) atoms. The monoisotopic (exact) mass is 289 g/mol. The van der Waals surface area contributed by atoms with E-state index in [1.807, 2.05) is 0 Å². The molecule has 0 aliphatic heterocycles. The average Bonchev–Trinajstić information content (AvgIpc) is 3.10. The van der Waals surface area contributed by atoms with Crippen molar-refractivity contribution < 1.29 is 13.5 Å². The number of benzene rings is 1. The zero-order valence-electron chi connectivity index (χ0n) is 9.89. The van der Waals surface area contributed by atoms with Gasteiger partial charge in [0.25, 0.3) is 0 Å². The summed E-state index contributed by atoms with van der Waals surface area (Å²) in [4.78, 5) is 0. The Bertz CT molecular complexity index is 509. The lowest BCUT2D eigenvalue weighted by molar-refractivity contribution is 0.213. The molecule has 1 aromatic rings. The van der Waals surface area contributed by atoms with Crippen LogP contribution in [-0.4, -0.2) is 26.7 Å². The van der Waals surface area contributed by atoms with Gasteiger partial charge in [0.2, 0.25) is 10.0 Å². The van der Waals surface area contributed by atoms with Crippen molar-refractivity contribution >= 4 is 21.6 Å². The van der Waals surface area contributed by atoms with Gasteiger partial charge < -0.3 is 5.11 Å². The first-order valence-electron chi connectivity index (χ1n) is 5.77. The van der Waals surface area contributed by atoms with Crippen LogP contribution < -0.4 is 4.72 Å². The molecule has 1 aliphatic rings. The molecule has 0 atom stereocenters. The molecule has 6 heteroatoms. The Morgan fingerprint density at radius 1 is 1.28 bits per heavy atom. The van der Waals surface area contributed by atoms with Crippen LogP contribution in [-0.2, 0) is 15.8 Å². The number of hydrogen-bond acceptors (Lipinski definition) is 3. The maximum absolute atomic E-state index is 11.8. The highest BCUT2D eigenvalue weighted by Gasteiger charge is 2.42. The molecule has 1 aromatic carbocycles. The summed E-state index contributed by atoms with van der Waals surface area (Å²) in [6.45, 7) is 0.357. The molecule has 0 aromatic heterocycles. The van der Waals surface area contributed by atoms with Gasteiger partial charge in [0.1, 0.15) is 0 Å². The van der Waals surface area contributed by atoms with E-state index in [0.29, 0.717) is 17.1 Å². The molecule has 0 saturated heterocycles. The van der Waals surface area contributed by atoms with Gasteiger partial charge in [-0.15, -0.1) is 0 Å². The van der Waals surface area contributed by atoms with Crippen LogP contribution in [0.3, 0.4) is 0 Å². The minimum absolute atomic E-state index is 0.0382. The second kappa shape index (κ2) is 5.17. The molecule has 1 saturated carbocycles. The van der Waals surface area contributed by atoms with Gasteiger partial charge in [-0.05, 0) is 30.5 Å². The highest BCUT2D eigenvalue weighted by Crippen LogP contribution is 2.44. The fraction of sp³-hybridized carbons (Fsp3) is 0.500. The van der Waals surface area contributed by atoms with Crippen LogP contribution in [0, 0.1) is 5.41 Å². The molecular weight excluding hydrogens is 274 g/mol. The maximum atomic E-state index is 11.8. The van der Waals surface area contributed by atoms with Crippen LogP contribution in [0.2, 0.25) is 5.02 Å². The second-order valence-corrected chi connectivity index (χ2v) is 7.11. The van der Waals surface area contributed by atoms with E-state index in [1.165, 1.54) is 0 Å². The van der Waals surface area contributed by atoms with Crippen molar-refractivity contribution in [3.05, 3.63) is 34.9 Å². The summed E-state index contributed by atoms with van der Waals surface area (Å²) in [5.41, 5.74) is 0.480. The summed E-state index contributed by atoms with van der Waals surface area (Å²) in [6.07, 6.45) is 1.76. The van der Waals surface area contributed by atoms with E-state index in [4.69, 9.17) is 16.7 Å². The van der Waals surface area contributed by atoms with Gasteiger partial charge in [-0.2, -0.15) is 0 Å². The molecule has 0 bridgehead atoms. The van der Waals surface area contributed by atoms with Gasteiger partial charge in [-0.25, -0.2) is 13.1 Å². The molecule has 0 unspecified atom stereocenters. The van der Waals surface area contributed by atoms with Gasteiger partial charge in [0, 0.05) is 23.6 Å². The molecule has 0 heterocycles. The van der Waals surface area contributed by atoms with E-state index >= 15 is 0 Å². The summed E-state index contributed by atoms with van der Waals surface area (Å²) in [5.74, 6) is -0.0638. The number of halogens is 1. The van der Waals surface area contributed by atoms with Crippen molar-refractivity contribution in [2.24, 2.45) is 5.41 Å². The average molecular weight is 290 g/mol. The lowest BCUT2D eigenvalue weighted by Gasteiger charge is -2.13. The summed E-state index contributed by atoms with van der Waals surface area (Å²) < 4.78 is 26.3. The Hall–Kier alpha value is -0.620. The largest absolute Gasteiger partial charge is 0.396 e. The van der Waals surface area contributed by atoms with Crippen LogP contribution in [0.5, 0.6) is 0 Å². The molecule has 100 valence electrons.